The fraction of sp³-hybridized carbons (Fsp3) is 0.333. The molecule has 2 aromatic heterocycles. The molecule has 0 saturated carbocycles. The van der Waals surface area contributed by atoms with Crippen molar-refractivity contribution in [2.45, 2.75) is 46.8 Å². The van der Waals surface area contributed by atoms with Crippen LogP contribution in [0.15, 0.2) is 69.3 Å². The molecule has 9 nitrogen and oxygen atoms in total. The van der Waals surface area contributed by atoms with Gasteiger partial charge in [0.05, 0.1) is 24.8 Å². The van der Waals surface area contributed by atoms with E-state index in [4.69, 9.17) is 16.3 Å². The van der Waals surface area contributed by atoms with E-state index in [0.29, 0.717) is 10.7 Å². The summed E-state index contributed by atoms with van der Waals surface area (Å²) in [5.74, 6) is -0.528. The van der Waals surface area contributed by atoms with Crippen LogP contribution in [0.2, 0.25) is 5.02 Å². The summed E-state index contributed by atoms with van der Waals surface area (Å²) in [7, 11) is 1.27. The molecule has 2 aromatic carbocycles. The Balaban J connectivity index is 1.87. The van der Waals surface area contributed by atoms with Crippen molar-refractivity contribution in [2.75, 3.05) is 7.11 Å². The lowest BCUT2D eigenvalue weighted by molar-refractivity contribution is -0.151. The first-order valence-electron chi connectivity index (χ1n) is 12.0. The van der Waals surface area contributed by atoms with Crippen molar-refractivity contribution in [3.63, 3.8) is 0 Å². The van der Waals surface area contributed by atoms with Crippen molar-refractivity contribution in [1.29, 1.82) is 0 Å². The minimum Gasteiger partial charge on any atom is -0.469 e. The van der Waals surface area contributed by atoms with Crippen molar-refractivity contribution in [3.8, 4) is 0 Å². The maximum atomic E-state index is 13.6. The van der Waals surface area contributed by atoms with Gasteiger partial charge < -0.3 is 9.30 Å². The van der Waals surface area contributed by atoms with Gasteiger partial charge >= 0.3 is 17.3 Å². The molecule has 37 heavy (non-hydrogen) atoms. The highest BCUT2D eigenvalue weighted by Crippen LogP contribution is 2.22. The molecule has 0 aliphatic carbocycles. The Morgan fingerprint density at radius 2 is 1.81 bits per heavy atom. The van der Waals surface area contributed by atoms with Crippen molar-refractivity contribution in [1.82, 2.24) is 18.7 Å². The summed E-state index contributed by atoms with van der Waals surface area (Å²) in [5.41, 5.74) is 0.218. The number of halogens is 1. The van der Waals surface area contributed by atoms with Gasteiger partial charge in [-0.1, -0.05) is 30.7 Å². The second-order valence-electron chi connectivity index (χ2n) is 9.57. The number of aromatic nitrogens is 4. The first-order valence-corrected chi connectivity index (χ1v) is 12.4. The Morgan fingerprint density at radius 3 is 2.49 bits per heavy atom. The SMILES string of the molecule is CCCn1ccc2cc(/N=c3\[nH]c(=O)n(CC(C)(C)C(=O)OC)c(=O)n3Cc3ccc(Cl)cc3)ccc21. The highest BCUT2D eigenvalue weighted by molar-refractivity contribution is 6.30. The molecule has 0 spiro atoms. The van der Waals surface area contributed by atoms with Crippen molar-refractivity contribution in [3.05, 3.63) is 91.9 Å². The molecular weight excluding hydrogens is 494 g/mol. The molecule has 0 aliphatic heterocycles. The van der Waals surface area contributed by atoms with E-state index in [0.717, 1.165) is 34.0 Å². The second-order valence-corrected chi connectivity index (χ2v) is 10.0. The molecule has 0 bridgehead atoms. The first-order chi connectivity index (χ1) is 17.6. The zero-order chi connectivity index (χ0) is 26.7. The second kappa shape index (κ2) is 10.6. The average Bonchev–Trinajstić information content (AvgIpc) is 3.27. The summed E-state index contributed by atoms with van der Waals surface area (Å²) in [4.78, 5) is 46.3. The Bertz CT molecular complexity index is 1620. The Labute approximate surface area is 218 Å². The summed E-state index contributed by atoms with van der Waals surface area (Å²) in [6, 6.07) is 14.8. The number of nitrogens with zero attached hydrogens (tertiary/aromatic N) is 4. The lowest BCUT2D eigenvalue weighted by atomic mass is 9.94. The van der Waals surface area contributed by atoms with Gasteiger partial charge in [-0.3, -0.25) is 14.3 Å². The van der Waals surface area contributed by atoms with Crippen molar-refractivity contribution in [2.24, 2.45) is 10.4 Å². The van der Waals surface area contributed by atoms with Crippen LogP contribution in [0.1, 0.15) is 32.8 Å². The molecule has 0 saturated heterocycles. The molecule has 10 heteroatoms. The Kier molecular flexibility index (Phi) is 7.54. The summed E-state index contributed by atoms with van der Waals surface area (Å²) in [6.45, 7) is 6.25. The van der Waals surface area contributed by atoms with Crippen LogP contribution < -0.4 is 17.0 Å². The van der Waals surface area contributed by atoms with E-state index in [9.17, 15) is 14.4 Å². The molecular formula is C27H30ClN5O4. The van der Waals surface area contributed by atoms with Crippen LogP contribution in [0.3, 0.4) is 0 Å². The van der Waals surface area contributed by atoms with Gasteiger partial charge in [0.1, 0.15) is 0 Å². The molecule has 0 aliphatic rings. The van der Waals surface area contributed by atoms with Gasteiger partial charge in [-0.25, -0.2) is 19.1 Å². The maximum absolute atomic E-state index is 13.6. The zero-order valence-electron chi connectivity index (χ0n) is 21.3. The summed E-state index contributed by atoms with van der Waals surface area (Å²) in [5, 5.41) is 1.58. The number of benzene rings is 2. The molecule has 4 aromatic rings. The highest BCUT2D eigenvalue weighted by atomic mass is 35.5. The third-order valence-electron chi connectivity index (χ3n) is 6.18. The third kappa shape index (κ3) is 5.61. The molecule has 1 N–H and O–H groups in total. The van der Waals surface area contributed by atoms with Crippen LogP contribution in [0.4, 0.5) is 5.69 Å². The van der Waals surface area contributed by atoms with Crippen molar-refractivity contribution >= 4 is 34.2 Å². The minimum atomic E-state index is -1.10. The quantitative estimate of drug-likeness (QED) is 0.354. The number of hydrogen-bond donors (Lipinski definition) is 1. The van der Waals surface area contributed by atoms with Crippen LogP contribution in [0.5, 0.6) is 0 Å². The van der Waals surface area contributed by atoms with E-state index in [1.54, 1.807) is 38.1 Å². The number of nitrogens with one attached hydrogen (secondary N) is 1. The predicted molar refractivity (Wildman–Crippen MR) is 143 cm³/mol. The monoisotopic (exact) mass is 523 g/mol. The Morgan fingerprint density at radius 1 is 1.08 bits per heavy atom. The van der Waals surface area contributed by atoms with Crippen LogP contribution in [0.25, 0.3) is 10.9 Å². The van der Waals surface area contributed by atoms with Gasteiger partial charge in [0, 0.05) is 35.2 Å². The molecule has 4 rings (SSSR count). The third-order valence-corrected chi connectivity index (χ3v) is 6.43. The van der Waals surface area contributed by atoms with Gasteiger partial charge in [0.2, 0.25) is 5.62 Å². The summed E-state index contributed by atoms with van der Waals surface area (Å²) < 4.78 is 9.40. The lowest BCUT2D eigenvalue weighted by Crippen LogP contribution is -2.52. The number of esters is 1. The first kappa shape index (κ1) is 26.2. The number of ether oxygens (including phenoxy) is 1. The number of hydrogen-bond acceptors (Lipinski definition) is 5. The summed E-state index contributed by atoms with van der Waals surface area (Å²) >= 11 is 6.03. The number of rotatable bonds is 8. The molecule has 0 fully saturated rings. The topological polar surface area (TPSA) is 103 Å². The smallest absolute Gasteiger partial charge is 0.335 e. The van der Waals surface area contributed by atoms with E-state index in [-0.39, 0.29) is 18.7 Å². The largest absolute Gasteiger partial charge is 0.469 e. The predicted octanol–water partition coefficient (Wildman–Crippen LogP) is 3.84. The minimum absolute atomic E-state index is 0.101. The van der Waals surface area contributed by atoms with Gasteiger partial charge in [-0.15, -0.1) is 0 Å². The fourth-order valence-corrected chi connectivity index (χ4v) is 4.37. The van der Waals surface area contributed by atoms with Crippen LogP contribution in [0, 0.1) is 5.41 Å². The van der Waals surface area contributed by atoms with E-state index in [1.165, 1.54) is 11.7 Å². The number of carbonyl (C=O) groups excluding carboxylic acids is 1. The van der Waals surface area contributed by atoms with Gasteiger partial charge in [0.25, 0.3) is 0 Å². The van der Waals surface area contributed by atoms with Gasteiger partial charge in [0.15, 0.2) is 0 Å². The molecule has 194 valence electrons. The molecule has 0 radical (unpaired) electrons. The molecule has 0 atom stereocenters. The number of aryl methyl sites for hydroxylation is 1. The number of methoxy groups -OCH3 is 1. The number of H-pyrrole nitrogens is 1. The van der Waals surface area contributed by atoms with E-state index in [2.05, 4.69) is 21.5 Å². The lowest BCUT2D eigenvalue weighted by Gasteiger charge is -2.22. The van der Waals surface area contributed by atoms with E-state index in [1.807, 2.05) is 30.5 Å². The van der Waals surface area contributed by atoms with Crippen molar-refractivity contribution < 1.29 is 9.53 Å². The van der Waals surface area contributed by atoms with Crippen LogP contribution in [-0.4, -0.2) is 31.8 Å². The van der Waals surface area contributed by atoms with E-state index >= 15 is 0 Å². The number of fused-ring (bicyclic) bond motifs is 1. The maximum Gasteiger partial charge on any atom is 0.335 e. The zero-order valence-corrected chi connectivity index (χ0v) is 22.1. The van der Waals surface area contributed by atoms with Gasteiger partial charge in [-0.05, 0) is 62.2 Å². The fourth-order valence-electron chi connectivity index (χ4n) is 4.25. The standard InChI is InChI=1S/C27H30ClN5O4/c1-5-13-31-14-12-19-15-21(10-11-22(19)31)29-24-30-25(35)33(17-27(2,3)23(34)37-4)26(36)32(24)16-18-6-8-20(28)9-7-18/h6-12,14-15H,5,13,16-17H2,1-4H3,(H,29,30,35). The Hall–Kier alpha value is -3.85. The summed E-state index contributed by atoms with van der Waals surface area (Å²) in [6.07, 6.45) is 3.05. The number of aromatic amines is 1. The molecule has 0 unspecified atom stereocenters. The molecule has 0 amide bonds. The van der Waals surface area contributed by atoms with Crippen LogP contribution in [-0.2, 0) is 29.2 Å². The number of carbonyl (C=O) groups is 1. The van der Waals surface area contributed by atoms with E-state index < -0.39 is 22.8 Å². The highest BCUT2D eigenvalue weighted by Gasteiger charge is 2.31. The molecule has 2 heterocycles. The average molecular weight is 524 g/mol. The normalized spacial score (nSPS) is 12.3. The van der Waals surface area contributed by atoms with Crippen LogP contribution >= 0.6 is 11.6 Å². The van der Waals surface area contributed by atoms with Gasteiger partial charge in [-0.2, -0.15) is 0 Å².